The molecule has 0 nitrogen and oxygen atoms in total. The number of hydrogen-bond acceptors (Lipinski definition) is 2. The molecule has 4 aliphatic carbocycles. The Morgan fingerprint density at radius 2 is 1.14 bits per heavy atom. The second-order valence-corrected chi connectivity index (χ2v) is 15.0. The molecule has 0 radical (unpaired) electrons. The largest absolute Gasteiger partial charge is 0.0904 e. The summed E-state index contributed by atoms with van der Waals surface area (Å²) < 4.78 is 0. The fraction of sp³-hybridized carbons (Fsp3) is 1.00. The van der Waals surface area contributed by atoms with Gasteiger partial charge in [-0.25, -0.2) is 0 Å². The zero-order valence-corrected chi connectivity index (χ0v) is 22.1. The van der Waals surface area contributed by atoms with Gasteiger partial charge in [0.05, 0.1) is 0 Å². The molecule has 4 rings (SSSR count). The predicted molar refractivity (Wildman–Crippen MR) is 133 cm³/mol. The van der Waals surface area contributed by atoms with Crippen molar-refractivity contribution in [2.45, 2.75) is 98.0 Å². The van der Waals surface area contributed by atoms with Gasteiger partial charge in [-0.3, -0.25) is 0 Å². The van der Waals surface area contributed by atoms with Crippen molar-refractivity contribution in [3.8, 4) is 0 Å². The minimum atomic E-state index is 0.806. The normalized spacial score (nSPS) is 53.8. The highest BCUT2D eigenvalue weighted by atomic mass is 33.1. The van der Waals surface area contributed by atoms with Gasteiger partial charge in [-0.05, 0) is 83.9 Å². The molecule has 0 aliphatic heterocycles. The van der Waals surface area contributed by atoms with Crippen LogP contribution < -0.4 is 0 Å². The van der Waals surface area contributed by atoms with E-state index in [1.165, 1.54) is 32.1 Å². The van der Waals surface area contributed by atoms with E-state index in [0.29, 0.717) is 0 Å². The Morgan fingerprint density at radius 3 is 1.69 bits per heavy atom. The van der Waals surface area contributed by atoms with Gasteiger partial charge < -0.3 is 0 Å². The van der Waals surface area contributed by atoms with E-state index in [4.69, 9.17) is 0 Å². The Morgan fingerprint density at radius 1 is 0.655 bits per heavy atom. The Hall–Kier alpha value is 0.700. The molecule has 0 heterocycles. The van der Waals surface area contributed by atoms with Crippen LogP contribution in [0.2, 0.25) is 0 Å². The number of fused-ring (bicyclic) bond motifs is 2. The van der Waals surface area contributed by atoms with Crippen LogP contribution in [0.1, 0.15) is 87.5 Å². The van der Waals surface area contributed by atoms with Gasteiger partial charge in [0.15, 0.2) is 0 Å². The topological polar surface area (TPSA) is 0 Å². The SMILES string of the molecule is CC[C@@H]1C(C(C)SSC(C)C2C(C)C3CCC(C)C3C2C)C(C)C2CCC(C)C21. The van der Waals surface area contributed by atoms with E-state index in [-0.39, 0.29) is 0 Å². The average molecular weight is 437 g/mol. The molecule has 0 aromatic rings. The zero-order valence-electron chi connectivity index (χ0n) is 20.4. The summed E-state index contributed by atoms with van der Waals surface area (Å²) in [4.78, 5) is 0. The predicted octanol–water partition coefficient (Wildman–Crippen LogP) is 8.66. The second kappa shape index (κ2) is 8.92. The molecule has 168 valence electrons. The van der Waals surface area contributed by atoms with E-state index in [2.05, 4.69) is 77.0 Å². The van der Waals surface area contributed by atoms with Crippen molar-refractivity contribution in [1.82, 2.24) is 0 Å². The molecule has 0 aromatic heterocycles. The van der Waals surface area contributed by atoms with Gasteiger partial charge in [-0.1, -0.05) is 96.2 Å². The Labute approximate surface area is 190 Å². The molecule has 0 spiro atoms. The molecule has 4 saturated carbocycles. The van der Waals surface area contributed by atoms with Crippen LogP contribution in [0.3, 0.4) is 0 Å². The highest BCUT2D eigenvalue weighted by Gasteiger charge is 2.54. The van der Waals surface area contributed by atoms with E-state index in [9.17, 15) is 0 Å². The third kappa shape index (κ3) is 3.77. The summed E-state index contributed by atoms with van der Waals surface area (Å²) in [5.41, 5.74) is 0. The first-order valence-electron chi connectivity index (χ1n) is 13.1. The molecule has 0 bridgehead atoms. The van der Waals surface area contributed by atoms with Gasteiger partial charge in [-0.15, -0.1) is 0 Å². The standard InChI is InChI=1S/C27H48S2/c1-9-21-25-15(3)11-13-23(25)17(5)27(21)20(8)29-28-19(7)26-16(4)22-12-10-14(2)24(22)18(26)6/h14-27H,9-13H2,1-8H3/t14?,15?,16?,17?,18?,19?,20?,21-,22?,23?,24?,25?,26?,27?/m0/s1. The summed E-state index contributed by atoms with van der Waals surface area (Å²) in [5, 5.41) is 1.62. The second-order valence-electron chi connectivity index (χ2n) is 12.0. The van der Waals surface area contributed by atoms with E-state index in [1.54, 1.807) is 0 Å². The fourth-order valence-corrected chi connectivity index (χ4v) is 13.2. The van der Waals surface area contributed by atoms with Crippen molar-refractivity contribution >= 4 is 21.6 Å². The first-order chi connectivity index (χ1) is 13.8. The summed E-state index contributed by atoms with van der Waals surface area (Å²) in [6, 6.07) is 0. The molecule has 0 saturated heterocycles. The van der Waals surface area contributed by atoms with Crippen LogP contribution in [0.15, 0.2) is 0 Å². The van der Waals surface area contributed by atoms with Crippen LogP contribution in [0.5, 0.6) is 0 Å². The fourth-order valence-electron chi connectivity index (χ4n) is 9.83. The summed E-state index contributed by atoms with van der Waals surface area (Å²) in [6.45, 7) is 20.5. The third-order valence-electron chi connectivity index (χ3n) is 10.9. The molecule has 14 atom stereocenters. The highest BCUT2D eigenvalue weighted by molar-refractivity contribution is 8.77. The lowest BCUT2D eigenvalue weighted by Crippen LogP contribution is -2.28. The Bertz CT molecular complexity index is 561. The quantitative estimate of drug-likeness (QED) is 0.382. The summed E-state index contributed by atoms with van der Waals surface area (Å²) in [6.07, 6.45) is 7.41. The Balaban J connectivity index is 1.37. The van der Waals surface area contributed by atoms with Gasteiger partial charge in [0.25, 0.3) is 0 Å². The molecule has 13 unspecified atom stereocenters. The van der Waals surface area contributed by atoms with Gasteiger partial charge in [0.1, 0.15) is 0 Å². The monoisotopic (exact) mass is 436 g/mol. The van der Waals surface area contributed by atoms with Crippen LogP contribution >= 0.6 is 21.6 Å². The molecule has 4 aliphatic rings. The van der Waals surface area contributed by atoms with E-state index in [1.807, 2.05) is 0 Å². The highest BCUT2D eigenvalue weighted by Crippen LogP contribution is 2.62. The lowest BCUT2D eigenvalue weighted by atomic mass is 9.79. The maximum absolute atomic E-state index is 2.62. The lowest BCUT2D eigenvalue weighted by molar-refractivity contribution is 0.236. The maximum Gasteiger partial charge on any atom is 0.0156 e. The lowest BCUT2D eigenvalue weighted by Gasteiger charge is -2.34. The summed E-state index contributed by atoms with van der Waals surface area (Å²) in [7, 11) is 4.56. The summed E-state index contributed by atoms with van der Waals surface area (Å²) in [5.74, 6) is 11.7. The molecule has 0 N–H and O–H groups in total. The van der Waals surface area contributed by atoms with Gasteiger partial charge >= 0.3 is 0 Å². The molecule has 2 heteroatoms. The molecule has 29 heavy (non-hydrogen) atoms. The van der Waals surface area contributed by atoms with Crippen LogP contribution in [-0.2, 0) is 0 Å². The molecule has 4 fully saturated rings. The van der Waals surface area contributed by atoms with Crippen LogP contribution in [-0.4, -0.2) is 10.5 Å². The van der Waals surface area contributed by atoms with Crippen LogP contribution in [0, 0.1) is 71.0 Å². The van der Waals surface area contributed by atoms with Crippen LogP contribution in [0.4, 0.5) is 0 Å². The smallest absolute Gasteiger partial charge is 0.0156 e. The Kier molecular flexibility index (Phi) is 7.03. The van der Waals surface area contributed by atoms with Crippen molar-refractivity contribution in [3.05, 3.63) is 0 Å². The molecule has 0 aromatic carbocycles. The summed E-state index contributed by atoms with van der Waals surface area (Å²) >= 11 is 0. The molecular weight excluding hydrogens is 388 g/mol. The third-order valence-corrected chi connectivity index (χ3v) is 14.4. The molecular formula is C27H48S2. The van der Waals surface area contributed by atoms with Crippen molar-refractivity contribution in [2.75, 3.05) is 0 Å². The number of hydrogen-bond donors (Lipinski definition) is 0. The van der Waals surface area contributed by atoms with E-state index < -0.39 is 0 Å². The van der Waals surface area contributed by atoms with E-state index >= 15 is 0 Å². The van der Waals surface area contributed by atoms with Crippen LogP contribution in [0.25, 0.3) is 0 Å². The maximum atomic E-state index is 2.62. The van der Waals surface area contributed by atoms with Crippen molar-refractivity contribution < 1.29 is 0 Å². The van der Waals surface area contributed by atoms with Crippen molar-refractivity contribution in [3.63, 3.8) is 0 Å². The van der Waals surface area contributed by atoms with E-state index in [0.717, 1.165) is 81.5 Å². The average Bonchev–Trinajstić information content (AvgIpc) is 3.38. The minimum absolute atomic E-state index is 0.806. The van der Waals surface area contributed by atoms with Crippen molar-refractivity contribution in [2.24, 2.45) is 71.0 Å². The first kappa shape index (κ1) is 22.9. The van der Waals surface area contributed by atoms with Gasteiger partial charge in [0, 0.05) is 10.5 Å². The zero-order chi connectivity index (χ0) is 21.0. The van der Waals surface area contributed by atoms with Gasteiger partial charge in [-0.2, -0.15) is 0 Å². The molecule has 0 amide bonds. The first-order valence-corrected chi connectivity index (χ1v) is 15.4. The number of rotatable bonds is 6. The minimum Gasteiger partial charge on any atom is -0.0904 e. The van der Waals surface area contributed by atoms with Gasteiger partial charge in [0.2, 0.25) is 0 Å². The van der Waals surface area contributed by atoms with Crippen molar-refractivity contribution in [1.29, 1.82) is 0 Å².